The number of pyridine rings is 2. The summed E-state index contributed by atoms with van der Waals surface area (Å²) in [6, 6.07) is 27.0. The molecule has 0 saturated heterocycles. The van der Waals surface area contributed by atoms with E-state index in [9.17, 15) is 0 Å². The Labute approximate surface area is 288 Å². The minimum atomic E-state index is -2.20. The second kappa shape index (κ2) is 13.0. The molecule has 3 aromatic carbocycles. The summed E-state index contributed by atoms with van der Waals surface area (Å²) in [6.07, 6.45) is 4.05. The topological polar surface area (TPSA) is 38.9 Å². The molecule has 4 aromatic heterocycles. The van der Waals surface area contributed by atoms with Crippen molar-refractivity contribution in [2.75, 3.05) is 0 Å². The van der Waals surface area contributed by atoms with Crippen molar-refractivity contribution in [3.8, 4) is 22.5 Å². The number of nitrogens with zero attached hydrogens (tertiary/aromatic N) is 2. The van der Waals surface area contributed by atoms with Crippen LogP contribution in [0.5, 0.6) is 0 Å². The van der Waals surface area contributed by atoms with Gasteiger partial charge in [-0.25, -0.2) is 0 Å². The van der Waals surface area contributed by atoms with Crippen LogP contribution in [0.15, 0.2) is 77.5 Å². The molecule has 0 N–H and O–H groups in total. The maximum atomic E-state index is 7.95. The zero-order valence-corrected chi connectivity index (χ0v) is 29.9. The van der Waals surface area contributed by atoms with Gasteiger partial charge in [0.05, 0.1) is 5.58 Å². The molecule has 7 aromatic rings. The van der Waals surface area contributed by atoms with Crippen LogP contribution in [-0.2, 0) is 26.5 Å². The zero-order valence-electron chi connectivity index (χ0n) is 29.7. The number of thiophene rings is 1. The van der Waals surface area contributed by atoms with E-state index >= 15 is 0 Å². The van der Waals surface area contributed by atoms with Crippen LogP contribution in [0.2, 0.25) is 0 Å². The van der Waals surface area contributed by atoms with Crippen LogP contribution in [0.4, 0.5) is 0 Å². The fourth-order valence-corrected chi connectivity index (χ4v) is 6.34. The van der Waals surface area contributed by atoms with E-state index in [0.717, 1.165) is 49.7 Å². The van der Waals surface area contributed by atoms with E-state index in [4.69, 9.17) is 8.53 Å². The van der Waals surface area contributed by atoms with E-state index in [1.165, 1.54) is 32.5 Å². The molecule has 231 valence electrons. The smallest absolute Gasteiger partial charge is 0.129 e. The van der Waals surface area contributed by atoms with Gasteiger partial charge in [-0.15, -0.1) is 64.9 Å². The Kier molecular flexibility index (Phi) is 8.33. The number of aryl methyl sites for hydroxylation is 5. The molecule has 0 unspecified atom stereocenters. The van der Waals surface area contributed by atoms with Gasteiger partial charge in [0.1, 0.15) is 5.58 Å². The Morgan fingerprint density at radius 3 is 2.27 bits per heavy atom. The molecule has 45 heavy (non-hydrogen) atoms. The standard InChI is InChI=1S/C26H24NOS.C14H14N.Ir/c1-15-14-27-22(12-17(15)13-26(3,4)5)20-8-6-7-18-19-9-10-23-21(11-16(2)29-23)25(19)28-24(18)20;1-10-4-6-13(7-5-10)14-8-11(2)12(3)9-15-14;/h6-7,9-12,14H,13H2,1-5H3;4-6,8-9H,1-3H3;/q2*-1;/i1D3;;. The summed E-state index contributed by atoms with van der Waals surface area (Å²) in [5, 5.41) is 3.19. The Morgan fingerprint density at radius 2 is 1.56 bits per heavy atom. The van der Waals surface area contributed by atoms with Crippen molar-refractivity contribution in [2.24, 2.45) is 5.41 Å². The Morgan fingerprint density at radius 1 is 0.800 bits per heavy atom. The van der Waals surface area contributed by atoms with Gasteiger partial charge in [0.2, 0.25) is 0 Å². The molecule has 0 bridgehead atoms. The first-order chi connectivity index (χ1) is 22.2. The Bertz CT molecular complexity index is 2240. The molecule has 5 heteroatoms. The second-order valence-electron chi connectivity index (χ2n) is 12.8. The summed E-state index contributed by atoms with van der Waals surface area (Å²) in [5.41, 5.74) is 9.86. The number of hydrogen-bond acceptors (Lipinski definition) is 4. The first-order valence-electron chi connectivity index (χ1n) is 16.4. The maximum absolute atomic E-state index is 7.95. The van der Waals surface area contributed by atoms with Crippen molar-refractivity contribution in [3.05, 3.63) is 118 Å². The van der Waals surface area contributed by atoms with Crippen LogP contribution in [0, 0.1) is 52.1 Å². The summed E-state index contributed by atoms with van der Waals surface area (Å²) in [7, 11) is 0. The van der Waals surface area contributed by atoms with Crippen LogP contribution >= 0.6 is 11.3 Å². The fraction of sp³-hybridized carbons (Fsp3) is 0.250. The summed E-state index contributed by atoms with van der Waals surface area (Å²) in [4.78, 5) is 10.2. The number of rotatable bonds is 3. The second-order valence-corrected chi connectivity index (χ2v) is 14.1. The molecule has 0 amide bonds. The molecule has 0 aliphatic heterocycles. The molecule has 1 radical (unpaired) electrons. The molecule has 0 spiro atoms. The zero-order chi connectivity index (χ0) is 33.7. The van der Waals surface area contributed by atoms with Gasteiger partial charge >= 0.3 is 0 Å². The predicted molar refractivity (Wildman–Crippen MR) is 187 cm³/mol. The monoisotopic (exact) mass is 790 g/mol. The molecule has 4 heterocycles. The molecule has 3 nitrogen and oxygen atoms in total. The first kappa shape index (κ1) is 28.8. The summed E-state index contributed by atoms with van der Waals surface area (Å²) < 4.78 is 31.5. The van der Waals surface area contributed by atoms with Crippen molar-refractivity contribution in [3.63, 3.8) is 0 Å². The quantitative estimate of drug-likeness (QED) is 0.167. The number of hydrogen-bond donors (Lipinski definition) is 0. The van der Waals surface area contributed by atoms with Gasteiger partial charge in [-0.1, -0.05) is 68.0 Å². The van der Waals surface area contributed by atoms with Gasteiger partial charge in [-0.2, -0.15) is 0 Å². The van der Waals surface area contributed by atoms with Gasteiger partial charge in [-0.05, 0) is 74.1 Å². The molecule has 0 aliphatic rings. The Hall–Kier alpha value is -3.63. The number of aromatic nitrogens is 2. The number of benzene rings is 3. The average molecular weight is 790 g/mol. The number of furan rings is 1. The van der Waals surface area contributed by atoms with Gasteiger partial charge in [0.25, 0.3) is 0 Å². The van der Waals surface area contributed by atoms with Gasteiger partial charge < -0.3 is 14.4 Å². The van der Waals surface area contributed by atoms with Crippen molar-refractivity contribution in [1.29, 1.82) is 0 Å². The van der Waals surface area contributed by atoms with Gasteiger partial charge in [0, 0.05) is 57.0 Å². The maximum Gasteiger partial charge on any atom is 0.129 e. The van der Waals surface area contributed by atoms with Crippen LogP contribution in [-0.4, -0.2) is 9.97 Å². The largest absolute Gasteiger partial charge is 0.500 e. The molecular formula is C40H38IrN2OS-2. The molecule has 0 saturated carbocycles. The molecular weight excluding hydrogens is 749 g/mol. The third-order valence-corrected chi connectivity index (χ3v) is 8.82. The molecule has 7 rings (SSSR count). The van der Waals surface area contributed by atoms with E-state index in [0.29, 0.717) is 17.7 Å². The van der Waals surface area contributed by atoms with Crippen LogP contribution in [0.25, 0.3) is 54.5 Å². The van der Waals surface area contributed by atoms with Gasteiger partial charge in [0.15, 0.2) is 0 Å². The van der Waals surface area contributed by atoms with E-state index < -0.39 is 6.85 Å². The predicted octanol–water partition coefficient (Wildman–Crippen LogP) is 11.3. The van der Waals surface area contributed by atoms with E-state index in [1.54, 1.807) is 11.3 Å². The normalized spacial score (nSPS) is 12.7. The first-order valence-corrected chi connectivity index (χ1v) is 15.7. The molecule has 0 aliphatic carbocycles. The Balaban J connectivity index is 0.000000237. The van der Waals surface area contributed by atoms with E-state index in [2.05, 4.69) is 107 Å². The van der Waals surface area contributed by atoms with Crippen molar-refractivity contribution < 1.29 is 28.6 Å². The van der Waals surface area contributed by atoms with Crippen LogP contribution in [0.3, 0.4) is 0 Å². The average Bonchev–Trinajstić information content (AvgIpc) is 3.57. The number of fused-ring (bicyclic) bond motifs is 5. The summed E-state index contributed by atoms with van der Waals surface area (Å²) in [6.45, 7) is 12.5. The molecule has 0 fully saturated rings. The fourth-order valence-electron chi connectivity index (χ4n) is 5.41. The summed E-state index contributed by atoms with van der Waals surface area (Å²) in [5.74, 6) is 0. The van der Waals surface area contributed by atoms with Gasteiger partial charge in [-0.3, -0.25) is 0 Å². The van der Waals surface area contributed by atoms with E-state index in [1.807, 2.05) is 30.5 Å². The van der Waals surface area contributed by atoms with Crippen molar-refractivity contribution >= 4 is 43.4 Å². The summed E-state index contributed by atoms with van der Waals surface area (Å²) >= 11 is 1.76. The van der Waals surface area contributed by atoms with Crippen molar-refractivity contribution in [2.45, 2.75) is 61.7 Å². The third-order valence-electron chi connectivity index (χ3n) is 7.80. The minimum absolute atomic E-state index is 0. The molecule has 0 atom stereocenters. The minimum Gasteiger partial charge on any atom is -0.500 e. The van der Waals surface area contributed by atoms with Crippen molar-refractivity contribution in [1.82, 2.24) is 9.97 Å². The van der Waals surface area contributed by atoms with Crippen LogP contribution < -0.4 is 0 Å². The van der Waals surface area contributed by atoms with E-state index in [-0.39, 0.29) is 25.5 Å². The third kappa shape index (κ3) is 6.97. The SMILES string of the molecule is Cc1c[c-]c(-c2cc(C)c(C)cn2)cc1.[2H]C([2H])([2H])c1cnc(-c2[c-]ccc3c2oc2c4cc(C)sc4ccc32)cc1CC(C)(C)C.[Ir]. The van der Waals surface area contributed by atoms with Crippen LogP contribution in [0.1, 0.15) is 57.6 Å².